The van der Waals surface area contributed by atoms with E-state index < -0.39 is 11.6 Å². The monoisotopic (exact) mass is 230 g/mol. The van der Waals surface area contributed by atoms with Gasteiger partial charge in [-0.3, -0.25) is 4.79 Å². The number of halogens is 2. The van der Waals surface area contributed by atoms with Crippen LogP contribution in [0.1, 0.15) is 12.5 Å². The molecule has 0 N–H and O–H groups in total. The van der Waals surface area contributed by atoms with Crippen LogP contribution < -0.4 is 9.47 Å². The maximum Gasteiger partial charge on any atom is 0.168 e. The topological polar surface area (TPSA) is 35.5 Å². The molecule has 0 aromatic heterocycles. The maximum absolute atomic E-state index is 13.3. The van der Waals surface area contributed by atoms with Crippen molar-refractivity contribution >= 4 is 5.78 Å². The van der Waals surface area contributed by atoms with Crippen LogP contribution in [0.4, 0.5) is 8.78 Å². The van der Waals surface area contributed by atoms with Crippen LogP contribution in [-0.2, 0) is 11.2 Å². The summed E-state index contributed by atoms with van der Waals surface area (Å²) < 4.78 is 36.3. The van der Waals surface area contributed by atoms with Gasteiger partial charge >= 0.3 is 0 Å². The zero-order chi connectivity index (χ0) is 12.3. The lowest BCUT2D eigenvalue weighted by molar-refractivity contribution is -0.116. The van der Waals surface area contributed by atoms with Gasteiger partial charge in [0.05, 0.1) is 14.2 Å². The van der Waals surface area contributed by atoms with Crippen LogP contribution in [0.15, 0.2) is 6.07 Å². The van der Waals surface area contributed by atoms with E-state index in [2.05, 4.69) is 0 Å². The predicted octanol–water partition coefficient (Wildman–Crippen LogP) is 2.11. The summed E-state index contributed by atoms with van der Waals surface area (Å²) in [6, 6.07) is 0.668. The molecule has 1 aromatic rings. The average Bonchev–Trinajstić information content (AvgIpc) is 2.17. The zero-order valence-electron chi connectivity index (χ0n) is 9.27. The van der Waals surface area contributed by atoms with E-state index in [-0.39, 0.29) is 29.3 Å². The number of carbonyl (C=O) groups excluding carboxylic acids is 1. The maximum atomic E-state index is 13.3. The highest BCUT2D eigenvalue weighted by molar-refractivity contribution is 5.80. The van der Waals surface area contributed by atoms with Gasteiger partial charge in [0, 0.05) is 18.1 Å². The molecule has 0 radical (unpaired) electrons. The van der Waals surface area contributed by atoms with Crippen molar-refractivity contribution in [2.45, 2.75) is 13.3 Å². The Labute approximate surface area is 92.0 Å². The first kappa shape index (κ1) is 12.4. The first-order valence-electron chi connectivity index (χ1n) is 4.59. The van der Waals surface area contributed by atoms with E-state index in [1.807, 2.05) is 0 Å². The summed E-state index contributed by atoms with van der Waals surface area (Å²) >= 11 is 0. The fourth-order valence-electron chi connectivity index (χ4n) is 1.48. The molecule has 3 nitrogen and oxygen atoms in total. The van der Waals surface area contributed by atoms with Gasteiger partial charge in [0.1, 0.15) is 5.78 Å². The fourth-order valence-corrected chi connectivity index (χ4v) is 1.48. The minimum atomic E-state index is -0.850. The Hall–Kier alpha value is -1.65. The molecule has 0 amide bonds. The third-order valence-electron chi connectivity index (χ3n) is 2.07. The van der Waals surface area contributed by atoms with Crippen LogP contribution in [0.25, 0.3) is 0 Å². The number of Topliss-reactive ketones (excluding diaryl/α,β-unsaturated/α-hetero) is 1. The lowest BCUT2D eigenvalue weighted by Crippen LogP contribution is -2.06. The van der Waals surface area contributed by atoms with Crippen molar-refractivity contribution in [3.05, 3.63) is 23.3 Å². The molecule has 1 rings (SSSR count). The van der Waals surface area contributed by atoms with E-state index in [1.165, 1.54) is 21.1 Å². The SMILES string of the molecule is COc1c(F)cc(F)c(OC)c1CC(C)=O. The summed E-state index contributed by atoms with van der Waals surface area (Å²) in [5, 5.41) is 0. The summed E-state index contributed by atoms with van der Waals surface area (Å²) in [6.07, 6.45) is -0.138. The Bertz CT molecular complexity index is 388. The Morgan fingerprint density at radius 2 is 1.62 bits per heavy atom. The normalized spacial score (nSPS) is 10.1. The van der Waals surface area contributed by atoms with Crippen LogP contribution in [-0.4, -0.2) is 20.0 Å². The van der Waals surface area contributed by atoms with Crippen LogP contribution in [0.2, 0.25) is 0 Å². The van der Waals surface area contributed by atoms with Crippen molar-refractivity contribution in [2.75, 3.05) is 14.2 Å². The first-order valence-corrected chi connectivity index (χ1v) is 4.59. The molecule has 0 fully saturated rings. The van der Waals surface area contributed by atoms with Gasteiger partial charge in [0.15, 0.2) is 23.1 Å². The van der Waals surface area contributed by atoms with Crippen molar-refractivity contribution in [1.82, 2.24) is 0 Å². The average molecular weight is 230 g/mol. The molecule has 88 valence electrons. The van der Waals surface area contributed by atoms with Crippen molar-refractivity contribution in [3.8, 4) is 11.5 Å². The lowest BCUT2D eigenvalue weighted by Gasteiger charge is -2.13. The third-order valence-corrected chi connectivity index (χ3v) is 2.07. The standard InChI is InChI=1S/C11H12F2O3/c1-6(14)4-7-10(15-2)8(12)5-9(13)11(7)16-3/h5H,4H2,1-3H3. The number of rotatable bonds is 4. The molecular weight excluding hydrogens is 218 g/mol. The minimum Gasteiger partial charge on any atom is -0.493 e. The van der Waals surface area contributed by atoms with Crippen molar-refractivity contribution in [1.29, 1.82) is 0 Å². The molecule has 0 atom stereocenters. The van der Waals surface area contributed by atoms with Crippen LogP contribution in [0.3, 0.4) is 0 Å². The number of hydrogen-bond acceptors (Lipinski definition) is 3. The summed E-state index contributed by atoms with van der Waals surface area (Å²) in [5.41, 5.74) is 0.0926. The molecule has 0 aliphatic rings. The highest BCUT2D eigenvalue weighted by atomic mass is 19.1. The molecule has 0 unspecified atom stereocenters. The van der Waals surface area contributed by atoms with Crippen LogP contribution in [0.5, 0.6) is 11.5 Å². The number of ether oxygens (including phenoxy) is 2. The van der Waals surface area contributed by atoms with E-state index in [4.69, 9.17) is 9.47 Å². The second-order valence-corrected chi connectivity index (χ2v) is 3.26. The van der Waals surface area contributed by atoms with Gasteiger partial charge in [-0.1, -0.05) is 0 Å². The number of methoxy groups -OCH3 is 2. The Morgan fingerprint density at radius 1 is 1.19 bits per heavy atom. The van der Waals surface area contributed by atoms with Gasteiger partial charge in [-0.2, -0.15) is 0 Å². The molecule has 16 heavy (non-hydrogen) atoms. The Kier molecular flexibility index (Phi) is 3.82. The molecule has 0 saturated carbocycles. The molecule has 1 aromatic carbocycles. The minimum absolute atomic E-state index is 0.0926. The number of carbonyl (C=O) groups is 1. The Balaban J connectivity index is 3.42. The third kappa shape index (κ3) is 2.29. The van der Waals surface area contributed by atoms with E-state index in [1.54, 1.807) is 0 Å². The van der Waals surface area contributed by atoms with Crippen molar-refractivity contribution in [3.63, 3.8) is 0 Å². The summed E-state index contributed by atoms with van der Waals surface area (Å²) in [7, 11) is 2.50. The van der Waals surface area contributed by atoms with Gasteiger partial charge in [0.2, 0.25) is 0 Å². The Morgan fingerprint density at radius 3 is 1.94 bits per heavy atom. The van der Waals surface area contributed by atoms with Gasteiger partial charge in [-0.25, -0.2) is 8.78 Å². The van der Waals surface area contributed by atoms with Gasteiger partial charge in [0.25, 0.3) is 0 Å². The summed E-state index contributed by atoms with van der Waals surface area (Å²) in [6.45, 7) is 1.32. The summed E-state index contributed by atoms with van der Waals surface area (Å²) in [4.78, 5) is 11.0. The lowest BCUT2D eigenvalue weighted by atomic mass is 10.1. The molecule has 0 bridgehead atoms. The highest BCUT2D eigenvalue weighted by Gasteiger charge is 2.21. The molecule has 0 aliphatic carbocycles. The van der Waals surface area contributed by atoms with E-state index in [0.29, 0.717) is 6.07 Å². The molecule has 0 saturated heterocycles. The van der Waals surface area contributed by atoms with Crippen LogP contribution >= 0.6 is 0 Å². The predicted molar refractivity (Wildman–Crippen MR) is 53.8 cm³/mol. The molecular formula is C11H12F2O3. The smallest absolute Gasteiger partial charge is 0.168 e. The quantitative estimate of drug-likeness (QED) is 0.794. The van der Waals surface area contributed by atoms with Gasteiger partial charge in [-0.05, 0) is 6.92 Å². The first-order chi connectivity index (χ1) is 7.51. The fraction of sp³-hybridized carbons (Fsp3) is 0.364. The second-order valence-electron chi connectivity index (χ2n) is 3.26. The molecule has 0 heterocycles. The number of benzene rings is 1. The highest BCUT2D eigenvalue weighted by Crippen LogP contribution is 2.34. The van der Waals surface area contributed by atoms with Crippen LogP contribution in [0, 0.1) is 11.6 Å². The largest absolute Gasteiger partial charge is 0.493 e. The van der Waals surface area contributed by atoms with E-state index >= 15 is 0 Å². The van der Waals surface area contributed by atoms with E-state index in [0.717, 1.165) is 0 Å². The zero-order valence-corrected chi connectivity index (χ0v) is 9.27. The second kappa shape index (κ2) is 4.92. The number of hydrogen-bond donors (Lipinski definition) is 0. The molecule has 0 spiro atoms. The summed E-state index contributed by atoms with van der Waals surface area (Å²) in [5.74, 6) is -2.25. The van der Waals surface area contributed by atoms with E-state index in [9.17, 15) is 13.6 Å². The van der Waals surface area contributed by atoms with Crippen molar-refractivity contribution in [2.24, 2.45) is 0 Å². The van der Waals surface area contributed by atoms with Gasteiger partial charge in [-0.15, -0.1) is 0 Å². The van der Waals surface area contributed by atoms with Crippen molar-refractivity contribution < 1.29 is 23.0 Å². The molecule has 0 aliphatic heterocycles. The van der Waals surface area contributed by atoms with Gasteiger partial charge < -0.3 is 9.47 Å². The number of ketones is 1. The molecule has 5 heteroatoms.